The van der Waals surface area contributed by atoms with Crippen LogP contribution in [-0.2, 0) is 6.42 Å². The number of nitrogens with zero attached hydrogens (tertiary/aromatic N) is 2. The molecule has 1 aromatic heterocycles. The second-order valence-electron chi connectivity index (χ2n) is 3.82. The van der Waals surface area contributed by atoms with Crippen molar-refractivity contribution in [2.24, 2.45) is 0 Å². The van der Waals surface area contributed by atoms with E-state index in [0.29, 0.717) is 18.8 Å². The largest absolute Gasteiger partial charge is 0.508 e. The number of phenols is 1. The summed E-state index contributed by atoms with van der Waals surface area (Å²) in [6, 6.07) is 6.83. The van der Waals surface area contributed by atoms with Crippen LogP contribution in [0.5, 0.6) is 5.75 Å². The van der Waals surface area contributed by atoms with E-state index in [1.807, 2.05) is 0 Å². The lowest BCUT2D eigenvalue weighted by molar-refractivity contribution is 0.0910. The van der Waals surface area contributed by atoms with E-state index in [9.17, 15) is 4.79 Å². The van der Waals surface area contributed by atoms with Gasteiger partial charge in [0.2, 0.25) is 0 Å². The summed E-state index contributed by atoms with van der Waals surface area (Å²) < 4.78 is 4.74. The van der Waals surface area contributed by atoms with Gasteiger partial charge in [0, 0.05) is 6.54 Å². The highest BCUT2D eigenvalue weighted by Gasteiger charge is 2.12. The number of hydrogen-bond donors (Lipinski definition) is 2. The molecule has 0 saturated carbocycles. The summed E-state index contributed by atoms with van der Waals surface area (Å²) in [5.74, 6) is 0.246. The molecular weight excluding hydrogens is 234 g/mol. The first-order valence-electron chi connectivity index (χ1n) is 5.51. The molecule has 0 fully saturated rings. The molecule has 94 valence electrons. The molecule has 2 rings (SSSR count). The Morgan fingerprint density at radius 1 is 1.39 bits per heavy atom. The zero-order valence-corrected chi connectivity index (χ0v) is 9.88. The number of amides is 1. The van der Waals surface area contributed by atoms with E-state index >= 15 is 0 Å². The van der Waals surface area contributed by atoms with Gasteiger partial charge in [0.1, 0.15) is 5.75 Å². The van der Waals surface area contributed by atoms with Crippen LogP contribution < -0.4 is 5.32 Å². The fourth-order valence-corrected chi connectivity index (χ4v) is 1.45. The monoisotopic (exact) mass is 247 g/mol. The average Bonchev–Trinajstić information content (AvgIpc) is 2.78. The second kappa shape index (κ2) is 5.31. The first kappa shape index (κ1) is 12.1. The third-order valence-electron chi connectivity index (χ3n) is 2.36. The average molecular weight is 247 g/mol. The molecule has 0 spiro atoms. The molecule has 6 nitrogen and oxygen atoms in total. The Morgan fingerprint density at radius 3 is 2.72 bits per heavy atom. The Labute approximate surface area is 104 Å². The summed E-state index contributed by atoms with van der Waals surface area (Å²) in [7, 11) is 0. The number of aromatic hydroxyl groups is 1. The molecule has 0 atom stereocenters. The lowest BCUT2D eigenvalue weighted by Crippen LogP contribution is -2.25. The lowest BCUT2D eigenvalue weighted by atomic mass is 10.1. The van der Waals surface area contributed by atoms with E-state index in [4.69, 9.17) is 9.63 Å². The molecule has 0 aliphatic heterocycles. The minimum Gasteiger partial charge on any atom is -0.508 e. The van der Waals surface area contributed by atoms with Gasteiger partial charge in [0.15, 0.2) is 5.82 Å². The van der Waals surface area contributed by atoms with Crippen LogP contribution in [0.15, 0.2) is 28.8 Å². The van der Waals surface area contributed by atoms with Crippen molar-refractivity contribution in [2.45, 2.75) is 13.3 Å². The fraction of sp³-hybridized carbons (Fsp3) is 0.250. The zero-order chi connectivity index (χ0) is 13.0. The number of aromatic nitrogens is 2. The standard InChI is InChI=1S/C12H13N3O3/c1-8-14-12(18-15-8)11(17)13-7-6-9-2-4-10(16)5-3-9/h2-5,16H,6-7H2,1H3,(H,13,17). The highest BCUT2D eigenvalue weighted by Crippen LogP contribution is 2.09. The van der Waals surface area contributed by atoms with Crippen LogP contribution in [0.3, 0.4) is 0 Å². The third kappa shape index (κ3) is 3.07. The number of benzene rings is 1. The lowest BCUT2D eigenvalue weighted by Gasteiger charge is -2.02. The van der Waals surface area contributed by atoms with Crippen LogP contribution >= 0.6 is 0 Å². The number of hydrogen-bond acceptors (Lipinski definition) is 5. The van der Waals surface area contributed by atoms with Gasteiger partial charge in [-0.2, -0.15) is 4.98 Å². The van der Waals surface area contributed by atoms with Crippen molar-refractivity contribution in [1.29, 1.82) is 0 Å². The number of rotatable bonds is 4. The summed E-state index contributed by atoms with van der Waals surface area (Å²) in [5, 5.41) is 15.3. The molecule has 18 heavy (non-hydrogen) atoms. The van der Waals surface area contributed by atoms with Crippen LogP contribution in [-0.4, -0.2) is 27.7 Å². The van der Waals surface area contributed by atoms with Crippen LogP contribution in [0, 0.1) is 6.92 Å². The molecule has 0 aliphatic rings. The molecule has 0 radical (unpaired) electrons. The Bertz CT molecular complexity index is 534. The highest BCUT2D eigenvalue weighted by molar-refractivity contribution is 5.89. The quantitative estimate of drug-likeness (QED) is 0.843. The summed E-state index contributed by atoms with van der Waals surface area (Å²) in [4.78, 5) is 15.4. The normalized spacial score (nSPS) is 10.3. The third-order valence-corrected chi connectivity index (χ3v) is 2.36. The van der Waals surface area contributed by atoms with E-state index < -0.39 is 0 Å². The number of aryl methyl sites for hydroxylation is 1. The Morgan fingerprint density at radius 2 is 2.11 bits per heavy atom. The fourth-order valence-electron chi connectivity index (χ4n) is 1.45. The van der Waals surface area contributed by atoms with Crippen molar-refractivity contribution in [2.75, 3.05) is 6.54 Å². The number of carbonyl (C=O) groups excluding carboxylic acids is 1. The molecule has 1 aromatic carbocycles. The van der Waals surface area contributed by atoms with Gasteiger partial charge in [-0.1, -0.05) is 17.3 Å². The molecular formula is C12H13N3O3. The molecule has 0 bridgehead atoms. The van der Waals surface area contributed by atoms with E-state index in [-0.39, 0.29) is 17.5 Å². The van der Waals surface area contributed by atoms with Gasteiger partial charge in [-0.25, -0.2) is 0 Å². The topological polar surface area (TPSA) is 88.2 Å². The van der Waals surface area contributed by atoms with Gasteiger partial charge < -0.3 is 14.9 Å². The predicted octanol–water partition coefficient (Wildman–Crippen LogP) is 1.06. The van der Waals surface area contributed by atoms with E-state index in [0.717, 1.165) is 5.56 Å². The first-order valence-corrected chi connectivity index (χ1v) is 5.51. The van der Waals surface area contributed by atoms with E-state index in [1.165, 1.54) is 0 Å². The van der Waals surface area contributed by atoms with Crippen LogP contribution in [0.1, 0.15) is 22.1 Å². The van der Waals surface area contributed by atoms with Gasteiger partial charge in [-0.05, 0) is 31.0 Å². The minimum absolute atomic E-state index is 0.0294. The van der Waals surface area contributed by atoms with Crippen molar-refractivity contribution in [3.8, 4) is 5.75 Å². The summed E-state index contributed by atoms with van der Waals surface area (Å²) >= 11 is 0. The number of carbonyl (C=O) groups is 1. The maximum atomic E-state index is 11.6. The molecule has 2 aromatic rings. The molecule has 1 amide bonds. The maximum absolute atomic E-state index is 11.6. The highest BCUT2D eigenvalue weighted by atomic mass is 16.5. The molecule has 2 N–H and O–H groups in total. The second-order valence-corrected chi connectivity index (χ2v) is 3.82. The molecule has 1 heterocycles. The van der Waals surface area contributed by atoms with Crippen molar-refractivity contribution in [1.82, 2.24) is 15.5 Å². The molecule has 0 aliphatic carbocycles. The van der Waals surface area contributed by atoms with Crippen LogP contribution in [0.2, 0.25) is 0 Å². The van der Waals surface area contributed by atoms with Crippen molar-refractivity contribution >= 4 is 5.91 Å². The smallest absolute Gasteiger partial charge is 0.315 e. The molecule has 6 heteroatoms. The SMILES string of the molecule is Cc1noc(C(=O)NCCc2ccc(O)cc2)n1. The number of nitrogens with one attached hydrogen (secondary N) is 1. The first-order chi connectivity index (χ1) is 8.65. The Hall–Kier alpha value is -2.37. The Kier molecular flexibility index (Phi) is 3.57. The molecule has 0 unspecified atom stereocenters. The molecule has 0 saturated heterocycles. The minimum atomic E-state index is -0.380. The predicted molar refractivity (Wildman–Crippen MR) is 63.2 cm³/mol. The number of phenolic OH excluding ortho intramolecular Hbond substituents is 1. The van der Waals surface area contributed by atoms with E-state index in [1.54, 1.807) is 31.2 Å². The summed E-state index contributed by atoms with van der Waals surface area (Å²) in [5.41, 5.74) is 1.02. The van der Waals surface area contributed by atoms with Gasteiger partial charge >= 0.3 is 11.8 Å². The van der Waals surface area contributed by atoms with Gasteiger partial charge in [0.25, 0.3) is 0 Å². The van der Waals surface area contributed by atoms with Crippen LogP contribution in [0.25, 0.3) is 0 Å². The van der Waals surface area contributed by atoms with Gasteiger partial charge in [0.05, 0.1) is 0 Å². The summed E-state index contributed by atoms with van der Waals surface area (Å²) in [6.45, 7) is 2.11. The maximum Gasteiger partial charge on any atom is 0.315 e. The van der Waals surface area contributed by atoms with Gasteiger partial charge in [-0.15, -0.1) is 0 Å². The van der Waals surface area contributed by atoms with Crippen LogP contribution in [0.4, 0.5) is 0 Å². The van der Waals surface area contributed by atoms with Crippen molar-refractivity contribution in [3.05, 3.63) is 41.5 Å². The van der Waals surface area contributed by atoms with E-state index in [2.05, 4.69) is 15.5 Å². The Balaban J connectivity index is 1.82. The zero-order valence-electron chi connectivity index (χ0n) is 9.88. The summed E-state index contributed by atoms with van der Waals surface area (Å²) in [6.07, 6.45) is 0.666. The van der Waals surface area contributed by atoms with Crippen molar-refractivity contribution in [3.63, 3.8) is 0 Å². The van der Waals surface area contributed by atoms with Crippen molar-refractivity contribution < 1.29 is 14.4 Å². The van der Waals surface area contributed by atoms with Gasteiger partial charge in [-0.3, -0.25) is 4.79 Å².